The van der Waals surface area contributed by atoms with Gasteiger partial charge in [0.1, 0.15) is 6.10 Å². The van der Waals surface area contributed by atoms with Gasteiger partial charge < -0.3 is 24.6 Å². The van der Waals surface area contributed by atoms with Crippen molar-refractivity contribution in [1.82, 2.24) is 10.2 Å². The number of anilines is 1. The lowest BCUT2D eigenvalue weighted by Crippen LogP contribution is -2.53. The highest BCUT2D eigenvalue weighted by Crippen LogP contribution is 2.21. The van der Waals surface area contributed by atoms with E-state index < -0.39 is 0 Å². The first-order chi connectivity index (χ1) is 13.8. The second-order valence-electron chi connectivity index (χ2n) is 7.62. The van der Waals surface area contributed by atoms with E-state index in [0.717, 1.165) is 64.7 Å². The van der Waals surface area contributed by atoms with Crippen molar-refractivity contribution in [2.45, 2.75) is 38.5 Å². The summed E-state index contributed by atoms with van der Waals surface area (Å²) in [6.07, 6.45) is 7.06. The number of aliphatic imine (C=N–C) groups is 1. The molecular formula is C22H33IN4O2. The molecule has 0 bridgehead atoms. The molecule has 6 nitrogen and oxygen atoms in total. The lowest BCUT2D eigenvalue weighted by molar-refractivity contribution is -0.0817. The van der Waals surface area contributed by atoms with E-state index in [1.807, 2.05) is 0 Å². The van der Waals surface area contributed by atoms with Crippen molar-refractivity contribution in [2.75, 3.05) is 50.8 Å². The van der Waals surface area contributed by atoms with Gasteiger partial charge in [0, 0.05) is 45.0 Å². The van der Waals surface area contributed by atoms with Crippen LogP contribution in [0.1, 0.15) is 25.3 Å². The number of halogens is 1. The molecule has 2 atom stereocenters. The van der Waals surface area contributed by atoms with Gasteiger partial charge in [-0.15, -0.1) is 24.0 Å². The summed E-state index contributed by atoms with van der Waals surface area (Å²) in [6.45, 7) is 8.98. The topological polar surface area (TPSA) is 49.3 Å². The summed E-state index contributed by atoms with van der Waals surface area (Å²) in [7, 11) is 0. The van der Waals surface area contributed by atoms with Crippen LogP contribution in [0, 0.1) is 0 Å². The van der Waals surface area contributed by atoms with Crippen molar-refractivity contribution >= 4 is 35.6 Å². The average Bonchev–Trinajstić information content (AvgIpc) is 3.46. The van der Waals surface area contributed by atoms with Crippen molar-refractivity contribution in [2.24, 2.45) is 4.99 Å². The molecule has 3 aliphatic heterocycles. The molecule has 1 aromatic rings. The predicted octanol–water partition coefficient (Wildman–Crippen LogP) is 3.03. The lowest BCUT2D eigenvalue weighted by Gasteiger charge is -2.37. The van der Waals surface area contributed by atoms with Gasteiger partial charge >= 0.3 is 0 Å². The maximum atomic E-state index is 5.99. The SMILES string of the molecule is CCNC(=NCc1ccc(N2CC=CC2)cc1)N1CCOC(C2CCCO2)C1.I. The van der Waals surface area contributed by atoms with E-state index in [2.05, 4.69) is 58.5 Å². The van der Waals surface area contributed by atoms with Gasteiger partial charge in [-0.1, -0.05) is 24.3 Å². The summed E-state index contributed by atoms with van der Waals surface area (Å²) in [4.78, 5) is 9.59. The van der Waals surface area contributed by atoms with Crippen LogP contribution in [0.15, 0.2) is 41.4 Å². The fraction of sp³-hybridized carbons (Fsp3) is 0.591. The number of benzene rings is 1. The first-order valence-corrected chi connectivity index (χ1v) is 10.6. The molecular weight excluding hydrogens is 479 g/mol. The smallest absolute Gasteiger partial charge is 0.194 e. The van der Waals surface area contributed by atoms with Gasteiger partial charge in [-0.05, 0) is 37.5 Å². The Bertz CT molecular complexity index is 681. The van der Waals surface area contributed by atoms with Crippen LogP contribution in [0.5, 0.6) is 0 Å². The summed E-state index contributed by atoms with van der Waals surface area (Å²) in [5, 5.41) is 3.45. The number of ether oxygens (including phenoxy) is 2. The molecule has 3 heterocycles. The van der Waals surface area contributed by atoms with Crippen LogP contribution >= 0.6 is 24.0 Å². The summed E-state index contributed by atoms with van der Waals surface area (Å²) < 4.78 is 11.8. The summed E-state index contributed by atoms with van der Waals surface area (Å²) in [6, 6.07) is 8.78. The van der Waals surface area contributed by atoms with Crippen LogP contribution < -0.4 is 10.2 Å². The monoisotopic (exact) mass is 512 g/mol. The van der Waals surface area contributed by atoms with Crippen molar-refractivity contribution < 1.29 is 9.47 Å². The second kappa shape index (κ2) is 11.2. The Balaban J connectivity index is 0.00000240. The van der Waals surface area contributed by atoms with Crippen molar-refractivity contribution in [3.8, 4) is 0 Å². The van der Waals surface area contributed by atoms with E-state index in [9.17, 15) is 0 Å². The number of nitrogens with one attached hydrogen (secondary N) is 1. The number of guanidine groups is 1. The Hall–Kier alpha value is -1.32. The van der Waals surface area contributed by atoms with Crippen LogP contribution in [0.4, 0.5) is 5.69 Å². The van der Waals surface area contributed by atoms with Gasteiger partial charge in [-0.3, -0.25) is 0 Å². The molecule has 4 rings (SSSR count). The number of hydrogen-bond donors (Lipinski definition) is 1. The molecule has 0 aliphatic carbocycles. The molecule has 2 fully saturated rings. The second-order valence-corrected chi connectivity index (χ2v) is 7.62. The fourth-order valence-electron chi connectivity index (χ4n) is 4.08. The van der Waals surface area contributed by atoms with Gasteiger partial charge in [0.15, 0.2) is 5.96 Å². The number of nitrogens with zero attached hydrogens (tertiary/aromatic N) is 3. The van der Waals surface area contributed by atoms with Gasteiger partial charge in [-0.25, -0.2) is 4.99 Å². The van der Waals surface area contributed by atoms with E-state index in [4.69, 9.17) is 14.5 Å². The van der Waals surface area contributed by atoms with E-state index in [1.165, 1.54) is 11.3 Å². The van der Waals surface area contributed by atoms with Gasteiger partial charge in [0.2, 0.25) is 0 Å². The average molecular weight is 512 g/mol. The maximum Gasteiger partial charge on any atom is 0.194 e. The first kappa shape index (κ1) is 22.4. The predicted molar refractivity (Wildman–Crippen MR) is 128 cm³/mol. The molecule has 0 aromatic heterocycles. The standard InChI is InChI=1S/C22H32N4O2.HI/c1-2-23-22(26-13-15-28-21(17-26)20-6-5-14-27-20)24-16-18-7-9-19(10-8-18)25-11-3-4-12-25;/h3-4,7-10,20-21H,2,5-6,11-17H2,1H3,(H,23,24);1H. The zero-order chi connectivity index (χ0) is 19.2. The molecule has 1 aromatic carbocycles. The Morgan fingerprint density at radius 3 is 2.55 bits per heavy atom. The molecule has 2 saturated heterocycles. The summed E-state index contributed by atoms with van der Waals surface area (Å²) in [5.74, 6) is 0.974. The van der Waals surface area contributed by atoms with Crippen LogP contribution in [-0.4, -0.2) is 69.0 Å². The van der Waals surface area contributed by atoms with Crippen molar-refractivity contribution in [3.63, 3.8) is 0 Å². The van der Waals surface area contributed by atoms with Crippen molar-refractivity contribution in [3.05, 3.63) is 42.0 Å². The van der Waals surface area contributed by atoms with E-state index in [-0.39, 0.29) is 36.2 Å². The van der Waals surface area contributed by atoms with Crippen LogP contribution in [0.2, 0.25) is 0 Å². The lowest BCUT2D eigenvalue weighted by atomic mass is 10.1. The molecule has 0 saturated carbocycles. The molecule has 0 amide bonds. The highest BCUT2D eigenvalue weighted by molar-refractivity contribution is 14.0. The van der Waals surface area contributed by atoms with E-state index in [0.29, 0.717) is 6.54 Å². The number of hydrogen-bond acceptors (Lipinski definition) is 4. The minimum atomic E-state index is 0. The van der Waals surface area contributed by atoms with E-state index in [1.54, 1.807) is 0 Å². The molecule has 29 heavy (non-hydrogen) atoms. The zero-order valence-electron chi connectivity index (χ0n) is 17.3. The first-order valence-electron chi connectivity index (χ1n) is 10.6. The van der Waals surface area contributed by atoms with Gasteiger partial charge in [0.05, 0.1) is 19.3 Å². The minimum Gasteiger partial charge on any atom is -0.375 e. The Morgan fingerprint density at radius 1 is 1.10 bits per heavy atom. The highest BCUT2D eigenvalue weighted by atomic mass is 127. The Labute approximate surface area is 191 Å². The summed E-state index contributed by atoms with van der Waals surface area (Å²) >= 11 is 0. The number of morpholine rings is 1. The van der Waals surface area contributed by atoms with Crippen molar-refractivity contribution in [1.29, 1.82) is 0 Å². The Morgan fingerprint density at radius 2 is 1.86 bits per heavy atom. The molecule has 0 spiro atoms. The molecule has 1 N–H and O–H groups in total. The fourth-order valence-corrected chi connectivity index (χ4v) is 4.08. The van der Waals surface area contributed by atoms with E-state index >= 15 is 0 Å². The largest absolute Gasteiger partial charge is 0.375 e. The quantitative estimate of drug-likeness (QED) is 0.285. The third-order valence-electron chi connectivity index (χ3n) is 5.64. The molecule has 160 valence electrons. The minimum absolute atomic E-state index is 0. The van der Waals surface area contributed by atoms with Gasteiger partial charge in [0.25, 0.3) is 0 Å². The molecule has 2 unspecified atom stereocenters. The maximum absolute atomic E-state index is 5.99. The third kappa shape index (κ3) is 5.86. The van der Waals surface area contributed by atoms with Crippen LogP contribution in [0.3, 0.4) is 0 Å². The van der Waals surface area contributed by atoms with Gasteiger partial charge in [-0.2, -0.15) is 0 Å². The van der Waals surface area contributed by atoms with Crippen LogP contribution in [0.25, 0.3) is 0 Å². The normalized spacial score (nSPS) is 24.7. The third-order valence-corrected chi connectivity index (χ3v) is 5.64. The molecule has 3 aliphatic rings. The Kier molecular flexibility index (Phi) is 8.62. The van der Waals surface area contributed by atoms with Crippen LogP contribution in [-0.2, 0) is 16.0 Å². The zero-order valence-corrected chi connectivity index (χ0v) is 19.6. The molecule has 0 radical (unpaired) electrons. The highest BCUT2D eigenvalue weighted by Gasteiger charge is 2.32. The molecule has 7 heteroatoms. The number of rotatable bonds is 5. The summed E-state index contributed by atoms with van der Waals surface area (Å²) in [5.41, 5.74) is 2.51.